The Morgan fingerprint density at radius 2 is 0.700 bits per heavy atom. The summed E-state index contributed by atoms with van der Waals surface area (Å²) in [6.07, 6.45) is 0. The number of nitrogens with zero attached hydrogens (tertiary/aromatic N) is 2. The third-order valence-corrected chi connectivity index (χ3v) is 3.00. The molecule has 0 aliphatic heterocycles. The highest BCUT2D eigenvalue weighted by Crippen LogP contribution is 2.05. The Hall–Kier alpha value is -1.30. The fourth-order valence-electron chi connectivity index (χ4n) is 2.26. The minimum absolute atomic E-state index is 0.990. The highest BCUT2D eigenvalue weighted by atomic mass is 35.6. The van der Waals surface area contributed by atoms with Crippen LogP contribution in [0.3, 0.4) is 0 Å². The predicted octanol–water partition coefficient (Wildman–Crippen LogP) is -3.35. The molecule has 0 heterocycles. The first-order chi connectivity index (χ1) is 13.6. The summed E-state index contributed by atoms with van der Waals surface area (Å²) < 4.78 is 52.4. The Labute approximate surface area is 185 Å². The van der Waals surface area contributed by atoms with Crippen molar-refractivity contribution in [3.63, 3.8) is 0 Å². The summed E-state index contributed by atoms with van der Waals surface area (Å²) in [6.45, 7) is 2.20. The Bertz CT molecular complexity index is 570. The molecule has 0 unspecified atom stereocenters. The fraction of sp³-hybridized carbons (Fsp3) is 0.400. The summed E-state index contributed by atoms with van der Waals surface area (Å²) in [5.74, 6) is 0. The van der Waals surface area contributed by atoms with E-state index in [0.29, 0.717) is 0 Å². The molecule has 0 bridgehead atoms. The molecule has 2 aromatic carbocycles. The van der Waals surface area contributed by atoms with Crippen molar-refractivity contribution in [2.45, 2.75) is 13.1 Å². The topological polar surface area (TPSA) is 138 Å². The van der Waals surface area contributed by atoms with Crippen molar-refractivity contribution < 1.29 is 58.5 Å². The lowest BCUT2D eigenvalue weighted by atomic mass is 10.2. The molecule has 0 atom stereocenters. The van der Waals surface area contributed by atoms with Gasteiger partial charge in [0, 0.05) is 11.1 Å². The monoisotopic (exact) mass is 466 g/mol. The SMILES string of the molecule is C[N+](C)(C)Cc1ccccc1.C[N+](C)(C)Cc1ccccc1.[O-][Cl+2]([O-])[O-].[O-][Cl+2]([O-])[O-]. The maximum absolute atomic E-state index is 8.41. The van der Waals surface area contributed by atoms with Gasteiger partial charge in [0.25, 0.3) is 0 Å². The highest BCUT2D eigenvalue weighted by Gasteiger charge is 2.07. The van der Waals surface area contributed by atoms with E-state index in [1.54, 1.807) is 0 Å². The maximum Gasteiger partial charge on any atom is 0.104 e. The van der Waals surface area contributed by atoms with Crippen molar-refractivity contribution in [2.24, 2.45) is 0 Å². The van der Waals surface area contributed by atoms with Gasteiger partial charge in [0.15, 0.2) is 0 Å². The normalized spacial score (nSPS) is 10.9. The van der Waals surface area contributed by atoms with E-state index in [0.717, 1.165) is 22.1 Å². The Balaban J connectivity index is 0. The van der Waals surface area contributed by atoms with E-state index in [4.69, 9.17) is 28.0 Å². The molecule has 0 fully saturated rings. The van der Waals surface area contributed by atoms with Gasteiger partial charge in [0.05, 0.1) is 63.9 Å². The van der Waals surface area contributed by atoms with E-state index in [-0.39, 0.29) is 0 Å². The minimum Gasteiger partial charge on any atom is -0.357 e. The van der Waals surface area contributed by atoms with Gasteiger partial charge in [-0.2, -0.15) is 0 Å². The van der Waals surface area contributed by atoms with Gasteiger partial charge >= 0.3 is 0 Å². The third kappa shape index (κ3) is 28.9. The van der Waals surface area contributed by atoms with Crippen molar-refractivity contribution >= 4 is 0 Å². The van der Waals surface area contributed by atoms with E-state index in [1.165, 1.54) is 11.1 Å². The smallest absolute Gasteiger partial charge is 0.104 e. The van der Waals surface area contributed by atoms with Crippen LogP contribution in [0, 0.1) is 21.6 Å². The molecule has 0 saturated carbocycles. The molecule has 0 amide bonds. The molecule has 2 rings (SSSR count). The van der Waals surface area contributed by atoms with E-state index >= 15 is 0 Å². The van der Waals surface area contributed by atoms with E-state index in [9.17, 15) is 0 Å². The van der Waals surface area contributed by atoms with Gasteiger partial charge < -0.3 is 36.9 Å². The van der Waals surface area contributed by atoms with E-state index in [2.05, 4.69) is 103 Å². The molecule has 2 aromatic rings. The van der Waals surface area contributed by atoms with Crippen molar-refractivity contribution in [2.75, 3.05) is 42.3 Å². The molecule has 0 spiro atoms. The molecule has 8 nitrogen and oxygen atoms in total. The standard InChI is InChI=1S/2C10H16N.2ClO3/c2*1-11(2,3)9-10-7-5-4-6-8-10;2*2-1(3)4/h2*4-8H,9H2,1-3H3;;/q2*+1;2*-1. The second kappa shape index (κ2) is 16.4. The van der Waals surface area contributed by atoms with Crippen molar-refractivity contribution in [3.8, 4) is 0 Å². The quantitative estimate of drug-likeness (QED) is 0.431. The lowest BCUT2D eigenvalue weighted by molar-refractivity contribution is -1.73. The van der Waals surface area contributed by atoms with Gasteiger partial charge in [0.2, 0.25) is 0 Å². The third-order valence-electron chi connectivity index (χ3n) is 3.00. The molecule has 10 heteroatoms. The van der Waals surface area contributed by atoms with Crippen molar-refractivity contribution in [3.05, 3.63) is 71.8 Å². The van der Waals surface area contributed by atoms with E-state index < -0.39 is 21.6 Å². The van der Waals surface area contributed by atoms with Gasteiger partial charge in [-0.15, -0.1) is 0 Å². The van der Waals surface area contributed by atoms with Crippen LogP contribution in [0.4, 0.5) is 0 Å². The number of rotatable bonds is 4. The van der Waals surface area contributed by atoms with Crippen LogP contribution in [0.1, 0.15) is 11.1 Å². The molecular formula is C20H32Cl2N2O6. The Morgan fingerprint density at radius 3 is 0.867 bits per heavy atom. The number of quaternary nitrogens is 2. The zero-order chi connectivity index (χ0) is 23.8. The van der Waals surface area contributed by atoms with Crippen LogP contribution < -0.4 is 28.0 Å². The van der Waals surface area contributed by atoms with Gasteiger partial charge in [-0.25, -0.2) is 0 Å². The first-order valence-corrected chi connectivity index (χ1v) is 10.6. The molecule has 0 aromatic heterocycles. The zero-order valence-corrected chi connectivity index (χ0v) is 19.8. The van der Waals surface area contributed by atoms with Crippen LogP contribution >= 0.6 is 0 Å². The lowest BCUT2D eigenvalue weighted by Crippen LogP contribution is -2.43. The number of hydrogen-bond acceptors (Lipinski definition) is 6. The molecular weight excluding hydrogens is 435 g/mol. The largest absolute Gasteiger partial charge is 0.357 e. The minimum atomic E-state index is -2.85. The van der Waals surface area contributed by atoms with E-state index in [1.807, 2.05) is 0 Å². The second-order valence-corrected chi connectivity index (χ2v) is 9.00. The Kier molecular flexibility index (Phi) is 16.9. The highest BCUT2D eigenvalue weighted by molar-refractivity contribution is 5.13. The van der Waals surface area contributed by atoms with Gasteiger partial charge in [-0.05, 0) is 0 Å². The average Bonchev–Trinajstić information content (AvgIpc) is 2.53. The second-order valence-electron chi connectivity index (χ2n) is 8.25. The average molecular weight is 467 g/mol. The number of halogens is 2. The summed E-state index contributed by atoms with van der Waals surface area (Å²) in [5, 5.41) is 0. The summed E-state index contributed by atoms with van der Waals surface area (Å²) >= 11 is 0. The van der Waals surface area contributed by atoms with Crippen molar-refractivity contribution in [1.29, 1.82) is 0 Å². The molecule has 0 N–H and O–H groups in total. The van der Waals surface area contributed by atoms with Crippen LogP contribution in [0.15, 0.2) is 60.7 Å². The molecule has 0 saturated heterocycles. The molecule has 30 heavy (non-hydrogen) atoms. The van der Waals surface area contributed by atoms with Crippen LogP contribution in [-0.2, 0) is 13.1 Å². The zero-order valence-electron chi connectivity index (χ0n) is 18.3. The molecule has 0 aliphatic carbocycles. The molecule has 172 valence electrons. The van der Waals surface area contributed by atoms with Crippen LogP contribution in [0.5, 0.6) is 0 Å². The number of hydrogen-bond donors (Lipinski definition) is 0. The van der Waals surface area contributed by atoms with Crippen LogP contribution in [-0.4, -0.2) is 51.3 Å². The van der Waals surface area contributed by atoms with Gasteiger partial charge in [0.1, 0.15) is 13.1 Å². The summed E-state index contributed by atoms with van der Waals surface area (Å²) in [4.78, 5) is 0. The summed E-state index contributed by atoms with van der Waals surface area (Å²) in [7, 11) is 7.50. The predicted molar refractivity (Wildman–Crippen MR) is 96.4 cm³/mol. The maximum atomic E-state index is 8.41. The first-order valence-electron chi connectivity index (χ1n) is 8.77. The first kappa shape index (κ1) is 30.9. The van der Waals surface area contributed by atoms with Crippen molar-refractivity contribution in [1.82, 2.24) is 0 Å². The molecule has 0 radical (unpaired) electrons. The van der Waals surface area contributed by atoms with Gasteiger partial charge in [-0.1, -0.05) is 60.7 Å². The van der Waals surface area contributed by atoms with Crippen LogP contribution in [0.25, 0.3) is 0 Å². The van der Waals surface area contributed by atoms with Gasteiger partial charge in [-0.3, -0.25) is 0 Å². The summed E-state index contributed by atoms with van der Waals surface area (Å²) in [5.41, 5.74) is 2.81. The Morgan fingerprint density at radius 1 is 0.500 bits per heavy atom. The molecule has 0 aliphatic rings. The fourth-order valence-corrected chi connectivity index (χ4v) is 2.26. The lowest BCUT2D eigenvalue weighted by Gasteiger charge is -2.23. The number of benzene rings is 2. The van der Waals surface area contributed by atoms with Crippen LogP contribution in [0.2, 0.25) is 0 Å². The summed E-state index contributed by atoms with van der Waals surface area (Å²) in [6, 6.07) is 21.1.